The van der Waals surface area contributed by atoms with Crippen molar-refractivity contribution in [3.05, 3.63) is 36.4 Å². The van der Waals surface area contributed by atoms with Gasteiger partial charge in [0.25, 0.3) is 0 Å². The van der Waals surface area contributed by atoms with Gasteiger partial charge in [-0.3, -0.25) is 4.79 Å². The fourth-order valence-corrected chi connectivity index (χ4v) is 5.53. The monoisotopic (exact) mass is 490 g/mol. The molecule has 0 spiro atoms. The third-order valence-corrected chi connectivity index (χ3v) is 7.47. The third-order valence-electron chi connectivity index (χ3n) is 7.47. The first-order chi connectivity index (χ1) is 17.5. The molecule has 7 heteroatoms. The van der Waals surface area contributed by atoms with E-state index in [1.165, 1.54) is 25.9 Å². The number of carbonyl (C=O) groups is 1. The van der Waals surface area contributed by atoms with E-state index >= 15 is 0 Å². The number of rotatable bonds is 9. The number of hydrogen-bond acceptors (Lipinski definition) is 6. The van der Waals surface area contributed by atoms with Gasteiger partial charge in [0.2, 0.25) is 5.91 Å². The molecule has 1 N–H and O–H groups in total. The molecule has 36 heavy (non-hydrogen) atoms. The average Bonchev–Trinajstić information content (AvgIpc) is 3.39. The number of fused-ring (bicyclic) bond motifs is 2. The van der Waals surface area contributed by atoms with Gasteiger partial charge >= 0.3 is 0 Å². The largest absolute Gasteiger partial charge is 0.493 e. The number of ether oxygens (including phenoxy) is 2. The number of nitrogens with zero attached hydrogens (tertiary/aromatic N) is 3. The number of hydrogen-bond donors (Lipinski definition) is 1. The van der Waals surface area contributed by atoms with Crippen LogP contribution in [-0.2, 0) is 4.79 Å². The number of aromatic nitrogens is 1. The number of benzene rings is 2. The molecule has 2 aliphatic heterocycles. The Balaban J connectivity index is 1.42. The Hall–Kier alpha value is -3.06. The van der Waals surface area contributed by atoms with Crippen molar-refractivity contribution >= 4 is 33.4 Å². The van der Waals surface area contributed by atoms with Crippen LogP contribution in [0.15, 0.2) is 36.4 Å². The lowest BCUT2D eigenvalue weighted by atomic mass is 10.0. The summed E-state index contributed by atoms with van der Waals surface area (Å²) in [6.07, 6.45) is 5.01. The van der Waals surface area contributed by atoms with Crippen molar-refractivity contribution in [3.8, 4) is 11.5 Å². The molecule has 0 radical (unpaired) electrons. The Morgan fingerprint density at radius 2 is 1.86 bits per heavy atom. The van der Waals surface area contributed by atoms with Crippen molar-refractivity contribution in [2.24, 2.45) is 0 Å². The van der Waals surface area contributed by atoms with E-state index in [-0.39, 0.29) is 18.0 Å². The summed E-state index contributed by atoms with van der Waals surface area (Å²) in [6.45, 7) is 9.05. The highest BCUT2D eigenvalue weighted by Crippen LogP contribution is 2.39. The summed E-state index contributed by atoms with van der Waals surface area (Å²) in [7, 11) is 1.68. The van der Waals surface area contributed by atoms with Gasteiger partial charge in [0.05, 0.1) is 30.4 Å². The van der Waals surface area contributed by atoms with E-state index in [1.807, 2.05) is 35.2 Å². The van der Waals surface area contributed by atoms with E-state index < -0.39 is 0 Å². The molecule has 2 saturated heterocycles. The number of methoxy groups -OCH3 is 1. The quantitative estimate of drug-likeness (QED) is 0.334. The van der Waals surface area contributed by atoms with Gasteiger partial charge in [-0.05, 0) is 64.8 Å². The van der Waals surface area contributed by atoms with Gasteiger partial charge in [-0.1, -0.05) is 18.2 Å². The van der Waals surface area contributed by atoms with Gasteiger partial charge < -0.3 is 24.6 Å². The number of amides is 1. The van der Waals surface area contributed by atoms with Crippen LogP contribution in [0.2, 0.25) is 0 Å². The van der Waals surface area contributed by atoms with E-state index in [0.29, 0.717) is 18.8 Å². The van der Waals surface area contributed by atoms with E-state index in [9.17, 15) is 4.79 Å². The average molecular weight is 491 g/mol. The second kappa shape index (κ2) is 10.9. The van der Waals surface area contributed by atoms with Crippen LogP contribution < -0.4 is 14.8 Å². The van der Waals surface area contributed by atoms with Crippen LogP contribution in [0.3, 0.4) is 0 Å². The van der Waals surface area contributed by atoms with Gasteiger partial charge in [-0.15, -0.1) is 0 Å². The SMILES string of the molecule is COc1cc2c(NC3CCN(C(C)C)C(=O)C3)c3ccccc3nc2cc1OCCCN1CCCC1. The van der Waals surface area contributed by atoms with E-state index in [1.54, 1.807) is 7.11 Å². The molecule has 1 atom stereocenters. The first-order valence-electron chi connectivity index (χ1n) is 13.3. The maximum Gasteiger partial charge on any atom is 0.224 e. The minimum atomic E-state index is 0.0778. The van der Waals surface area contributed by atoms with Crippen molar-refractivity contribution in [2.75, 3.05) is 45.2 Å². The second-order valence-corrected chi connectivity index (χ2v) is 10.3. The summed E-state index contributed by atoms with van der Waals surface area (Å²) < 4.78 is 11.9. The molecule has 2 fully saturated rings. The number of likely N-dealkylation sites (tertiary alicyclic amines) is 2. The van der Waals surface area contributed by atoms with Crippen LogP contribution in [0, 0.1) is 0 Å². The Bertz CT molecular complexity index is 1220. The molecule has 3 aromatic rings. The summed E-state index contributed by atoms with van der Waals surface area (Å²) in [5.41, 5.74) is 2.78. The lowest BCUT2D eigenvalue weighted by Crippen LogP contribution is -2.46. The summed E-state index contributed by atoms with van der Waals surface area (Å²) >= 11 is 0. The third kappa shape index (κ3) is 5.21. The first kappa shape index (κ1) is 24.6. The second-order valence-electron chi connectivity index (χ2n) is 10.3. The fourth-order valence-electron chi connectivity index (χ4n) is 5.53. The Morgan fingerprint density at radius 3 is 2.61 bits per heavy atom. The van der Waals surface area contributed by atoms with E-state index in [0.717, 1.165) is 59.2 Å². The van der Waals surface area contributed by atoms with Crippen LogP contribution in [0.5, 0.6) is 11.5 Å². The van der Waals surface area contributed by atoms with Crippen LogP contribution in [-0.4, -0.2) is 72.7 Å². The number of carbonyl (C=O) groups excluding carboxylic acids is 1. The van der Waals surface area contributed by atoms with Crippen molar-refractivity contribution in [3.63, 3.8) is 0 Å². The Labute approximate surface area is 213 Å². The Kier molecular flexibility index (Phi) is 7.46. The fraction of sp³-hybridized carbons (Fsp3) is 0.517. The van der Waals surface area contributed by atoms with Gasteiger partial charge in [0, 0.05) is 48.4 Å². The standard InChI is InChI=1S/C29H38N4O3/c1-20(2)33-15-11-21(17-28(33)34)30-29-22-9-4-5-10-24(22)31-25-19-27(26(35-3)18-23(25)29)36-16-8-14-32-12-6-7-13-32/h4-5,9-10,18-21H,6-8,11-17H2,1-3H3,(H,30,31). The molecule has 0 saturated carbocycles. The molecule has 0 bridgehead atoms. The zero-order chi connectivity index (χ0) is 25.1. The van der Waals surface area contributed by atoms with Gasteiger partial charge in [-0.25, -0.2) is 4.98 Å². The van der Waals surface area contributed by atoms with Gasteiger partial charge in [-0.2, -0.15) is 0 Å². The highest BCUT2D eigenvalue weighted by molar-refractivity contribution is 6.08. The minimum absolute atomic E-state index is 0.0778. The lowest BCUT2D eigenvalue weighted by Gasteiger charge is -2.35. The number of nitrogens with one attached hydrogen (secondary N) is 1. The van der Waals surface area contributed by atoms with Gasteiger partial charge in [0.15, 0.2) is 11.5 Å². The van der Waals surface area contributed by atoms with Crippen LogP contribution in [0.4, 0.5) is 5.69 Å². The summed E-state index contributed by atoms with van der Waals surface area (Å²) in [6, 6.07) is 12.5. The molecule has 2 aliphatic rings. The smallest absolute Gasteiger partial charge is 0.224 e. The molecule has 3 heterocycles. The molecule has 5 rings (SSSR count). The molecular weight excluding hydrogens is 452 g/mol. The highest BCUT2D eigenvalue weighted by Gasteiger charge is 2.28. The maximum absolute atomic E-state index is 12.8. The molecule has 0 aliphatic carbocycles. The van der Waals surface area contributed by atoms with E-state index in [4.69, 9.17) is 14.5 Å². The predicted octanol–water partition coefficient (Wildman–Crippen LogP) is 5.07. The summed E-state index contributed by atoms with van der Waals surface area (Å²) in [5, 5.41) is 5.75. The summed E-state index contributed by atoms with van der Waals surface area (Å²) in [4.78, 5) is 22.2. The lowest BCUT2D eigenvalue weighted by molar-refractivity contribution is -0.135. The number of anilines is 1. The number of piperidine rings is 1. The molecule has 2 aromatic carbocycles. The molecule has 1 unspecified atom stereocenters. The van der Waals surface area contributed by atoms with E-state index in [2.05, 4.69) is 30.1 Å². The molecular formula is C29H38N4O3. The zero-order valence-electron chi connectivity index (χ0n) is 21.8. The first-order valence-corrected chi connectivity index (χ1v) is 13.3. The maximum atomic E-state index is 12.8. The van der Waals surface area contributed by atoms with Gasteiger partial charge in [0.1, 0.15) is 0 Å². The molecule has 1 aromatic heterocycles. The van der Waals surface area contributed by atoms with Crippen LogP contribution in [0.1, 0.15) is 46.0 Å². The molecule has 7 nitrogen and oxygen atoms in total. The number of para-hydroxylation sites is 1. The van der Waals surface area contributed by atoms with Crippen molar-refractivity contribution in [2.45, 2.75) is 58.0 Å². The normalized spacial score (nSPS) is 18.9. The zero-order valence-corrected chi connectivity index (χ0v) is 21.8. The highest BCUT2D eigenvalue weighted by atomic mass is 16.5. The minimum Gasteiger partial charge on any atom is -0.493 e. The van der Waals surface area contributed by atoms with Crippen LogP contribution >= 0.6 is 0 Å². The Morgan fingerprint density at radius 1 is 1.06 bits per heavy atom. The predicted molar refractivity (Wildman–Crippen MR) is 145 cm³/mol. The topological polar surface area (TPSA) is 66.9 Å². The molecule has 1 amide bonds. The number of pyridine rings is 1. The van der Waals surface area contributed by atoms with Crippen molar-refractivity contribution in [1.29, 1.82) is 0 Å². The van der Waals surface area contributed by atoms with Crippen molar-refractivity contribution < 1.29 is 14.3 Å². The van der Waals surface area contributed by atoms with Crippen molar-refractivity contribution in [1.82, 2.24) is 14.8 Å². The molecule has 192 valence electrons. The summed E-state index contributed by atoms with van der Waals surface area (Å²) in [5.74, 6) is 1.63. The van der Waals surface area contributed by atoms with Crippen LogP contribution in [0.25, 0.3) is 21.8 Å².